The molecule has 0 bridgehead atoms. The lowest BCUT2D eigenvalue weighted by Gasteiger charge is -2.28. The van der Waals surface area contributed by atoms with Crippen LogP contribution in [0.5, 0.6) is 0 Å². The van der Waals surface area contributed by atoms with Crippen LogP contribution in [0.15, 0.2) is 18.3 Å². The number of nitrogens with zero attached hydrogens (tertiary/aromatic N) is 2. The lowest BCUT2D eigenvalue weighted by atomic mass is 10.1. The van der Waals surface area contributed by atoms with Crippen LogP contribution in [0.1, 0.15) is 37.8 Å². The summed E-state index contributed by atoms with van der Waals surface area (Å²) in [4.78, 5) is 6.77. The van der Waals surface area contributed by atoms with Gasteiger partial charge in [-0.15, -0.1) is 0 Å². The minimum atomic E-state index is 0.0940. The van der Waals surface area contributed by atoms with Crippen LogP contribution in [0.25, 0.3) is 0 Å². The Balaban J connectivity index is 2.16. The molecule has 2 N–H and O–H groups in total. The summed E-state index contributed by atoms with van der Waals surface area (Å²) < 4.78 is 0. The molecule has 0 radical (unpaired) electrons. The van der Waals surface area contributed by atoms with Gasteiger partial charge < -0.3 is 10.6 Å². The van der Waals surface area contributed by atoms with Crippen molar-refractivity contribution in [2.75, 3.05) is 18.0 Å². The molecule has 0 amide bonds. The molecule has 1 saturated heterocycles. The van der Waals surface area contributed by atoms with Crippen LogP contribution in [0.2, 0.25) is 0 Å². The van der Waals surface area contributed by atoms with Crippen molar-refractivity contribution in [2.24, 2.45) is 5.73 Å². The molecule has 15 heavy (non-hydrogen) atoms. The largest absolute Gasteiger partial charge is 0.357 e. The summed E-state index contributed by atoms with van der Waals surface area (Å²) >= 11 is 0. The lowest BCUT2D eigenvalue weighted by molar-refractivity contribution is 0.573. The van der Waals surface area contributed by atoms with E-state index in [0.717, 1.165) is 18.9 Å². The summed E-state index contributed by atoms with van der Waals surface area (Å²) in [6.45, 7) is 4.28. The Hall–Kier alpha value is -1.09. The fraction of sp³-hybridized carbons (Fsp3) is 0.583. The molecule has 0 unspecified atom stereocenters. The van der Waals surface area contributed by atoms with E-state index >= 15 is 0 Å². The maximum absolute atomic E-state index is 5.87. The van der Waals surface area contributed by atoms with E-state index < -0.39 is 0 Å². The zero-order valence-corrected chi connectivity index (χ0v) is 9.32. The number of aromatic nitrogens is 1. The van der Waals surface area contributed by atoms with Gasteiger partial charge in [-0.25, -0.2) is 4.98 Å². The van der Waals surface area contributed by atoms with Crippen LogP contribution in [-0.4, -0.2) is 18.1 Å². The van der Waals surface area contributed by atoms with Gasteiger partial charge >= 0.3 is 0 Å². The van der Waals surface area contributed by atoms with Gasteiger partial charge in [0.05, 0.1) is 0 Å². The maximum atomic E-state index is 5.87. The second kappa shape index (κ2) is 4.62. The normalized spacial score (nSPS) is 18.9. The Labute approximate surface area is 91.3 Å². The highest BCUT2D eigenvalue weighted by Gasteiger charge is 2.12. The third kappa shape index (κ3) is 2.48. The van der Waals surface area contributed by atoms with E-state index in [9.17, 15) is 0 Å². The molecule has 1 atom stereocenters. The first-order valence-electron chi connectivity index (χ1n) is 5.74. The fourth-order valence-electron chi connectivity index (χ4n) is 2.01. The Kier molecular flexibility index (Phi) is 3.21. The van der Waals surface area contributed by atoms with Gasteiger partial charge in [0.2, 0.25) is 0 Å². The molecule has 1 fully saturated rings. The quantitative estimate of drug-likeness (QED) is 0.804. The molecular weight excluding hydrogens is 186 g/mol. The Bertz CT molecular complexity index is 316. The van der Waals surface area contributed by atoms with Gasteiger partial charge in [0.25, 0.3) is 0 Å². The van der Waals surface area contributed by atoms with E-state index in [4.69, 9.17) is 5.73 Å². The molecule has 3 heteroatoms. The summed E-state index contributed by atoms with van der Waals surface area (Å²) in [5, 5.41) is 0. The zero-order valence-electron chi connectivity index (χ0n) is 9.32. The van der Waals surface area contributed by atoms with Crippen molar-refractivity contribution in [1.29, 1.82) is 0 Å². The van der Waals surface area contributed by atoms with Crippen LogP contribution < -0.4 is 10.6 Å². The van der Waals surface area contributed by atoms with Crippen molar-refractivity contribution in [1.82, 2.24) is 4.98 Å². The Morgan fingerprint density at radius 3 is 2.73 bits per heavy atom. The van der Waals surface area contributed by atoms with Crippen LogP contribution in [-0.2, 0) is 0 Å². The number of anilines is 1. The average Bonchev–Trinajstić information content (AvgIpc) is 2.30. The van der Waals surface area contributed by atoms with Crippen molar-refractivity contribution in [3.8, 4) is 0 Å². The molecule has 0 aliphatic carbocycles. The topological polar surface area (TPSA) is 42.1 Å². The van der Waals surface area contributed by atoms with E-state index in [1.165, 1.54) is 24.8 Å². The van der Waals surface area contributed by atoms with Gasteiger partial charge in [-0.3, -0.25) is 0 Å². The van der Waals surface area contributed by atoms with Gasteiger partial charge in [-0.2, -0.15) is 0 Å². The Morgan fingerprint density at radius 1 is 1.33 bits per heavy atom. The first kappa shape index (κ1) is 10.4. The first-order valence-corrected chi connectivity index (χ1v) is 5.74. The van der Waals surface area contributed by atoms with E-state index in [1.54, 1.807) is 0 Å². The third-order valence-electron chi connectivity index (χ3n) is 2.98. The lowest BCUT2D eigenvalue weighted by Crippen LogP contribution is -2.30. The average molecular weight is 205 g/mol. The number of pyridine rings is 1. The summed E-state index contributed by atoms with van der Waals surface area (Å²) in [6, 6.07) is 4.21. The van der Waals surface area contributed by atoms with Gasteiger partial charge in [0, 0.05) is 25.3 Å². The predicted octanol–water partition coefficient (Wildman–Crippen LogP) is 2.09. The number of rotatable bonds is 2. The molecule has 1 aromatic rings. The molecule has 1 aromatic heterocycles. The number of nitrogens with two attached hydrogens (primary N) is 1. The molecule has 0 aromatic carbocycles. The smallest absolute Gasteiger partial charge is 0.128 e. The predicted molar refractivity (Wildman–Crippen MR) is 62.9 cm³/mol. The molecule has 0 spiro atoms. The van der Waals surface area contributed by atoms with Crippen molar-refractivity contribution in [3.05, 3.63) is 23.9 Å². The standard InChI is InChI=1S/C12H19N3/c1-10(13)11-5-6-14-12(9-11)15-7-3-2-4-8-15/h5-6,9-10H,2-4,7-8,13H2,1H3/t10-/m0/s1. The molecule has 2 rings (SSSR count). The molecular formula is C12H19N3. The summed E-state index contributed by atoms with van der Waals surface area (Å²) in [7, 11) is 0. The van der Waals surface area contributed by atoms with Crippen molar-refractivity contribution >= 4 is 5.82 Å². The van der Waals surface area contributed by atoms with Gasteiger partial charge in [0.1, 0.15) is 5.82 Å². The van der Waals surface area contributed by atoms with Crippen molar-refractivity contribution in [3.63, 3.8) is 0 Å². The minimum absolute atomic E-state index is 0.0940. The molecule has 3 nitrogen and oxygen atoms in total. The number of hydrogen-bond acceptors (Lipinski definition) is 3. The van der Waals surface area contributed by atoms with Crippen LogP contribution in [0, 0.1) is 0 Å². The van der Waals surface area contributed by atoms with Gasteiger partial charge in [-0.1, -0.05) is 0 Å². The Morgan fingerprint density at radius 2 is 2.07 bits per heavy atom. The highest BCUT2D eigenvalue weighted by Crippen LogP contribution is 2.20. The summed E-state index contributed by atoms with van der Waals surface area (Å²) in [5.74, 6) is 1.09. The molecule has 1 aliphatic rings. The van der Waals surface area contributed by atoms with Crippen LogP contribution >= 0.6 is 0 Å². The molecule has 0 saturated carbocycles. The number of hydrogen-bond donors (Lipinski definition) is 1. The second-order valence-electron chi connectivity index (χ2n) is 4.28. The van der Waals surface area contributed by atoms with Crippen LogP contribution in [0.4, 0.5) is 5.82 Å². The van der Waals surface area contributed by atoms with Crippen molar-refractivity contribution < 1.29 is 0 Å². The van der Waals surface area contributed by atoms with Crippen molar-refractivity contribution in [2.45, 2.75) is 32.2 Å². The fourth-order valence-corrected chi connectivity index (χ4v) is 2.01. The van der Waals surface area contributed by atoms with Gasteiger partial charge in [0.15, 0.2) is 0 Å². The molecule has 2 heterocycles. The number of piperidine rings is 1. The summed E-state index contributed by atoms with van der Waals surface area (Å²) in [6.07, 6.45) is 5.78. The molecule has 1 aliphatic heterocycles. The first-order chi connectivity index (χ1) is 7.27. The highest BCUT2D eigenvalue weighted by molar-refractivity contribution is 5.42. The van der Waals surface area contributed by atoms with Crippen LogP contribution in [0.3, 0.4) is 0 Å². The minimum Gasteiger partial charge on any atom is -0.357 e. The van der Waals surface area contributed by atoms with E-state index in [0.29, 0.717) is 0 Å². The molecule has 82 valence electrons. The third-order valence-corrected chi connectivity index (χ3v) is 2.98. The van der Waals surface area contributed by atoms with E-state index in [1.807, 2.05) is 19.2 Å². The maximum Gasteiger partial charge on any atom is 0.128 e. The van der Waals surface area contributed by atoms with E-state index in [-0.39, 0.29) is 6.04 Å². The second-order valence-corrected chi connectivity index (χ2v) is 4.28. The zero-order chi connectivity index (χ0) is 10.7. The highest BCUT2D eigenvalue weighted by atomic mass is 15.2. The SMILES string of the molecule is C[C@H](N)c1ccnc(N2CCCCC2)c1. The van der Waals surface area contributed by atoms with Gasteiger partial charge in [-0.05, 0) is 43.9 Å². The monoisotopic (exact) mass is 205 g/mol. The van der Waals surface area contributed by atoms with E-state index in [2.05, 4.69) is 16.0 Å². The summed E-state index contributed by atoms with van der Waals surface area (Å²) in [5.41, 5.74) is 7.04.